The number of amides is 1. The molecule has 0 aliphatic carbocycles. The van der Waals surface area contributed by atoms with E-state index in [0.29, 0.717) is 32.4 Å². The molecule has 1 unspecified atom stereocenters. The predicted octanol–water partition coefficient (Wildman–Crippen LogP) is -0.850. The second kappa shape index (κ2) is 6.66. The van der Waals surface area contributed by atoms with Gasteiger partial charge in [-0.1, -0.05) is 0 Å². The topological polar surface area (TPSA) is 95.1 Å². The van der Waals surface area contributed by atoms with Crippen molar-refractivity contribution >= 4 is 26.0 Å². The van der Waals surface area contributed by atoms with Crippen molar-refractivity contribution in [3.05, 3.63) is 0 Å². The van der Waals surface area contributed by atoms with Crippen molar-refractivity contribution in [1.29, 1.82) is 0 Å². The summed E-state index contributed by atoms with van der Waals surface area (Å²) >= 11 is 0. The number of rotatable bonds is 4. The SMILES string of the molecule is CN(C(=O)C1CCN(S(=O)(=O)N(C)C)CC1)C1CCS(=O)(=O)C1. The summed E-state index contributed by atoms with van der Waals surface area (Å²) in [6, 6.07) is -0.254. The Labute approximate surface area is 138 Å². The van der Waals surface area contributed by atoms with Crippen LogP contribution >= 0.6 is 0 Å². The van der Waals surface area contributed by atoms with Crippen molar-refractivity contribution in [3.8, 4) is 0 Å². The number of carbonyl (C=O) groups is 1. The summed E-state index contributed by atoms with van der Waals surface area (Å²) in [7, 11) is -1.84. The van der Waals surface area contributed by atoms with E-state index in [1.165, 1.54) is 22.7 Å². The first-order valence-corrected chi connectivity index (χ1v) is 10.9. The van der Waals surface area contributed by atoms with E-state index in [0.717, 1.165) is 0 Å². The number of hydrogen-bond acceptors (Lipinski definition) is 5. The Morgan fingerprint density at radius 2 is 1.65 bits per heavy atom. The quantitative estimate of drug-likeness (QED) is 0.645. The molecule has 23 heavy (non-hydrogen) atoms. The molecule has 2 heterocycles. The predicted molar refractivity (Wildman–Crippen MR) is 86.7 cm³/mol. The molecule has 0 saturated carbocycles. The van der Waals surface area contributed by atoms with Crippen LogP contribution in [0.2, 0.25) is 0 Å². The summed E-state index contributed by atoms with van der Waals surface area (Å²) in [6.45, 7) is 0.626. The molecular formula is C13H25N3O5S2. The smallest absolute Gasteiger partial charge is 0.281 e. The molecule has 8 nitrogen and oxygen atoms in total. The molecule has 1 atom stereocenters. The van der Waals surface area contributed by atoms with E-state index >= 15 is 0 Å². The van der Waals surface area contributed by atoms with Crippen molar-refractivity contribution in [1.82, 2.24) is 13.5 Å². The maximum Gasteiger partial charge on any atom is 0.281 e. The van der Waals surface area contributed by atoms with Gasteiger partial charge in [0, 0.05) is 46.2 Å². The minimum absolute atomic E-state index is 0.0308. The van der Waals surface area contributed by atoms with Gasteiger partial charge in [0.1, 0.15) is 0 Å². The van der Waals surface area contributed by atoms with Crippen LogP contribution in [0.3, 0.4) is 0 Å². The third-order valence-corrected chi connectivity index (χ3v) is 8.39. The maximum absolute atomic E-state index is 12.5. The molecule has 0 aromatic carbocycles. The molecule has 2 aliphatic heterocycles. The lowest BCUT2D eigenvalue weighted by Gasteiger charge is -2.35. The van der Waals surface area contributed by atoms with E-state index in [1.807, 2.05) is 0 Å². The zero-order valence-corrected chi connectivity index (χ0v) is 15.4. The Morgan fingerprint density at radius 1 is 1.09 bits per heavy atom. The summed E-state index contributed by atoms with van der Waals surface area (Å²) in [5.41, 5.74) is 0. The number of carbonyl (C=O) groups excluding carboxylic acids is 1. The zero-order valence-electron chi connectivity index (χ0n) is 13.8. The van der Waals surface area contributed by atoms with Gasteiger partial charge in [0.25, 0.3) is 10.2 Å². The largest absolute Gasteiger partial charge is 0.341 e. The summed E-state index contributed by atoms with van der Waals surface area (Å²) in [6.07, 6.45) is 1.42. The fourth-order valence-corrected chi connectivity index (χ4v) is 6.02. The van der Waals surface area contributed by atoms with Gasteiger partial charge in [-0.15, -0.1) is 0 Å². The molecule has 0 N–H and O–H groups in total. The highest BCUT2D eigenvalue weighted by molar-refractivity contribution is 7.91. The molecule has 2 aliphatic rings. The van der Waals surface area contributed by atoms with Crippen molar-refractivity contribution < 1.29 is 21.6 Å². The average Bonchev–Trinajstić information content (AvgIpc) is 2.86. The van der Waals surface area contributed by atoms with E-state index in [1.54, 1.807) is 11.9 Å². The Hall–Kier alpha value is -0.710. The van der Waals surface area contributed by atoms with Crippen LogP contribution in [0.4, 0.5) is 0 Å². The standard InChI is InChI=1S/C13H25N3O5S2/c1-14(2)23(20,21)16-7-4-11(5-8-16)13(17)15(3)12-6-9-22(18,19)10-12/h11-12H,4-10H2,1-3H3. The number of nitrogens with zero attached hydrogens (tertiary/aromatic N) is 3. The van der Waals surface area contributed by atoms with Gasteiger partial charge in [0.15, 0.2) is 9.84 Å². The van der Waals surface area contributed by atoms with Crippen LogP contribution in [0.5, 0.6) is 0 Å². The normalized spacial score (nSPS) is 26.5. The van der Waals surface area contributed by atoms with Gasteiger partial charge in [-0.2, -0.15) is 17.0 Å². The highest BCUT2D eigenvalue weighted by Crippen LogP contribution is 2.25. The van der Waals surface area contributed by atoms with Crippen LogP contribution in [0.1, 0.15) is 19.3 Å². The van der Waals surface area contributed by atoms with E-state index in [4.69, 9.17) is 0 Å². The third kappa shape index (κ3) is 4.04. The molecule has 10 heteroatoms. The minimum Gasteiger partial charge on any atom is -0.341 e. The Kier molecular flexibility index (Phi) is 5.39. The van der Waals surface area contributed by atoms with E-state index in [-0.39, 0.29) is 29.4 Å². The van der Waals surface area contributed by atoms with Crippen LogP contribution in [0.25, 0.3) is 0 Å². The maximum atomic E-state index is 12.5. The number of hydrogen-bond donors (Lipinski definition) is 0. The van der Waals surface area contributed by atoms with Crippen LogP contribution in [0, 0.1) is 5.92 Å². The van der Waals surface area contributed by atoms with Gasteiger partial charge in [-0.05, 0) is 19.3 Å². The number of sulfone groups is 1. The molecule has 2 saturated heterocycles. The Balaban J connectivity index is 1.94. The highest BCUT2D eigenvalue weighted by Gasteiger charge is 2.37. The Bertz CT molecular complexity index is 651. The minimum atomic E-state index is -3.44. The van der Waals surface area contributed by atoms with Gasteiger partial charge in [-0.3, -0.25) is 4.79 Å². The molecule has 0 spiro atoms. The summed E-state index contributed by atoms with van der Waals surface area (Å²) in [5, 5.41) is 0. The van der Waals surface area contributed by atoms with Crippen LogP contribution in [-0.4, -0.2) is 88.0 Å². The van der Waals surface area contributed by atoms with Crippen molar-refractivity contribution in [2.45, 2.75) is 25.3 Å². The number of piperidine rings is 1. The first-order chi connectivity index (χ1) is 10.5. The van der Waals surface area contributed by atoms with E-state index in [9.17, 15) is 21.6 Å². The van der Waals surface area contributed by atoms with E-state index in [2.05, 4.69) is 0 Å². The summed E-state index contributed by atoms with van der Waals surface area (Å²) in [4.78, 5) is 14.1. The van der Waals surface area contributed by atoms with Crippen molar-refractivity contribution in [2.24, 2.45) is 5.92 Å². The molecule has 0 bridgehead atoms. The fourth-order valence-electron chi connectivity index (χ4n) is 3.11. The van der Waals surface area contributed by atoms with Gasteiger partial charge in [0.05, 0.1) is 11.5 Å². The average molecular weight is 367 g/mol. The molecule has 0 aromatic rings. The first kappa shape index (κ1) is 18.6. The summed E-state index contributed by atoms with van der Waals surface area (Å²) in [5.74, 6) is -0.149. The zero-order chi connectivity index (χ0) is 17.4. The fraction of sp³-hybridized carbons (Fsp3) is 0.923. The first-order valence-electron chi connectivity index (χ1n) is 7.69. The lowest BCUT2D eigenvalue weighted by Crippen LogP contribution is -2.48. The highest BCUT2D eigenvalue weighted by atomic mass is 32.2. The summed E-state index contributed by atoms with van der Waals surface area (Å²) < 4.78 is 49.8. The third-order valence-electron chi connectivity index (χ3n) is 4.69. The van der Waals surface area contributed by atoms with Crippen molar-refractivity contribution in [3.63, 3.8) is 0 Å². The molecule has 134 valence electrons. The molecule has 1 amide bonds. The van der Waals surface area contributed by atoms with Crippen molar-refractivity contribution in [2.75, 3.05) is 45.7 Å². The van der Waals surface area contributed by atoms with Gasteiger partial charge >= 0.3 is 0 Å². The van der Waals surface area contributed by atoms with Crippen LogP contribution in [0.15, 0.2) is 0 Å². The van der Waals surface area contributed by atoms with Gasteiger partial charge in [-0.25, -0.2) is 8.42 Å². The molecule has 2 fully saturated rings. The van der Waals surface area contributed by atoms with Crippen LogP contribution in [-0.2, 0) is 24.8 Å². The van der Waals surface area contributed by atoms with Crippen LogP contribution < -0.4 is 0 Å². The Morgan fingerprint density at radius 3 is 2.09 bits per heavy atom. The molecular weight excluding hydrogens is 342 g/mol. The lowest BCUT2D eigenvalue weighted by atomic mass is 9.96. The molecule has 0 radical (unpaired) electrons. The second-order valence-corrected chi connectivity index (χ2v) is 10.8. The van der Waals surface area contributed by atoms with Gasteiger partial charge in [0.2, 0.25) is 5.91 Å². The van der Waals surface area contributed by atoms with Gasteiger partial charge < -0.3 is 4.90 Å². The molecule has 0 aromatic heterocycles. The lowest BCUT2D eigenvalue weighted by molar-refractivity contribution is -0.137. The van der Waals surface area contributed by atoms with E-state index < -0.39 is 20.0 Å². The molecule has 2 rings (SSSR count). The monoisotopic (exact) mass is 367 g/mol. The second-order valence-electron chi connectivity index (χ2n) is 6.47.